The Morgan fingerprint density at radius 3 is 2.55 bits per heavy atom. The van der Waals surface area contributed by atoms with Crippen LogP contribution in [0.15, 0.2) is 34.9 Å². The van der Waals surface area contributed by atoms with Crippen LogP contribution in [0.25, 0.3) is 6.08 Å². The lowest BCUT2D eigenvalue weighted by Gasteiger charge is -2.32. The molecule has 0 saturated carbocycles. The third-order valence-corrected chi connectivity index (χ3v) is 5.12. The molecule has 1 aromatic carbocycles. The highest BCUT2D eigenvalue weighted by atomic mass is 79.9. The Labute approximate surface area is 139 Å². The molecule has 120 valence electrons. The number of benzene rings is 1. The molecule has 1 aliphatic rings. The van der Waals surface area contributed by atoms with Crippen LogP contribution in [0.1, 0.15) is 5.56 Å². The van der Waals surface area contributed by atoms with Crippen molar-refractivity contribution >= 4 is 38.1 Å². The molecular formula is C14H18BrN3O3S. The molecule has 1 heterocycles. The lowest BCUT2D eigenvalue weighted by Crippen LogP contribution is -2.52. The summed E-state index contributed by atoms with van der Waals surface area (Å²) in [6, 6.07) is 7.48. The van der Waals surface area contributed by atoms with Crippen molar-refractivity contribution in [2.45, 2.75) is 0 Å². The summed E-state index contributed by atoms with van der Waals surface area (Å²) in [6.45, 7) is 1.45. The van der Waals surface area contributed by atoms with Gasteiger partial charge in [-0.2, -0.15) is 4.31 Å². The van der Waals surface area contributed by atoms with Gasteiger partial charge in [0.25, 0.3) is 0 Å². The molecule has 0 unspecified atom stereocenters. The smallest absolute Gasteiger partial charge is 0.321 e. The van der Waals surface area contributed by atoms with Crippen molar-refractivity contribution in [3.8, 4) is 0 Å². The van der Waals surface area contributed by atoms with Crippen molar-refractivity contribution in [2.24, 2.45) is 0 Å². The number of carbonyl (C=O) groups is 1. The van der Waals surface area contributed by atoms with Crippen molar-refractivity contribution < 1.29 is 13.2 Å². The van der Waals surface area contributed by atoms with Gasteiger partial charge in [-0.25, -0.2) is 13.2 Å². The molecule has 2 rings (SSSR count). The van der Waals surface area contributed by atoms with E-state index >= 15 is 0 Å². The number of nitrogens with one attached hydrogen (secondary N) is 1. The SMILES string of the molecule is CS(=O)(=O)N1CCN(C(=O)N/C=C/c2cccc(Br)c2)CC1. The topological polar surface area (TPSA) is 69.7 Å². The Morgan fingerprint density at radius 2 is 1.95 bits per heavy atom. The van der Waals surface area contributed by atoms with E-state index in [1.54, 1.807) is 17.2 Å². The first-order chi connectivity index (χ1) is 10.4. The van der Waals surface area contributed by atoms with Crippen molar-refractivity contribution in [3.05, 3.63) is 40.5 Å². The maximum absolute atomic E-state index is 12.0. The number of hydrogen-bond acceptors (Lipinski definition) is 3. The summed E-state index contributed by atoms with van der Waals surface area (Å²) >= 11 is 3.38. The Kier molecular flexibility index (Phi) is 5.60. The third kappa shape index (κ3) is 4.82. The van der Waals surface area contributed by atoms with Crippen molar-refractivity contribution in [3.63, 3.8) is 0 Å². The van der Waals surface area contributed by atoms with Crippen molar-refractivity contribution in [1.82, 2.24) is 14.5 Å². The van der Waals surface area contributed by atoms with Crippen molar-refractivity contribution in [1.29, 1.82) is 0 Å². The molecule has 0 aliphatic carbocycles. The number of nitrogens with zero attached hydrogens (tertiary/aromatic N) is 2. The van der Waals surface area contributed by atoms with Crippen LogP contribution in [-0.4, -0.2) is 56.1 Å². The van der Waals surface area contributed by atoms with Gasteiger partial charge in [-0.05, 0) is 23.8 Å². The first-order valence-corrected chi connectivity index (χ1v) is 9.43. The number of amides is 2. The number of sulfonamides is 1. The molecule has 22 heavy (non-hydrogen) atoms. The molecule has 1 aliphatic heterocycles. The standard InChI is InChI=1S/C14H18BrN3O3S/c1-22(20,21)18-9-7-17(8-10-18)14(19)16-6-5-12-3-2-4-13(15)11-12/h2-6,11H,7-10H2,1H3,(H,16,19)/b6-5+. The fourth-order valence-corrected chi connectivity index (χ4v) is 3.38. The van der Waals surface area contributed by atoms with Crippen LogP contribution < -0.4 is 5.32 Å². The normalized spacial score (nSPS) is 16.9. The summed E-state index contributed by atoms with van der Waals surface area (Å²) in [6.07, 6.45) is 4.58. The zero-order valence-corrected chi connectivity index (χ0v) is 14.6. The zero-order valence-electron chi connectivity index (χ0n) is 12.2. The van der Waals surface area contributed by atoms with Crippen LogP contribution >= 0.6 is 15.9 Å². The average Bonchev–Trinajstić information content (AvgIpc) is 2.46. The summed E-state index contributed by atoms with van der Waals surface area (Å²) < 4.78 is 25.2. The van der Waals surface area contributed by atoms with Gasteiger partial charge in [-0.3, -0.25) is 0 Å². The minimum atomic E-state index is -3.18. The first-order valence-electron chi connectivity index (χ1n) is 6.79. The maximum atomic E-state index is 12.0. The Balaban J connectivity index is 1.84. The fourth-order valence-electron chi connectivity index (χ4n) is 2.13. The fraction of sp³-hybridized carbons (Fsp3) is 0.357. The van der Waals surface area contributed by atoms with Gasteiger partial charge in [0.2, 0.25) is 10.0 Å². The van der Waals surface area contributed by atoms with Gasteiger partial charge in [0.05, 0.1) is 6.26 Å². The predicted octanol–water partition coefficient (Wildman–Crippen LogP) is 1.71. The number of carbonyl (C=O) groups excluding carboxylic acids is 1. The van der Waals surface area contributed by atoms with Gasteiger partial charge in [0, 0.05) is 36.9 Å². The van der Waals surface area contributed by atoms with E-state index < -0.39 is 10.0 Å². The van der Waals surface area contributed by atoms with Crippen LogP contribution in [0.4, 0.5) is 4.79 Å². The van der Waals surface area contributed by atoms with Crippen LogP contribution in [0, 0.1) is 0 Å². The molecule has 0 atom stereocenters. The third-order valence-electron chi connectivity index (χ3n) is 3.33. The van der Waals surface area contributed by atoms with E-state index in [4.69, 9.17) is 0 Å². The maximum Gasteiger partial charge on any atom is 0.321 e. The van der Waals surface area contributed by atoms with Gasteiger partial charge in [0.15, 0.2) is 0 Å². The van der Waals surface area contributed by atoms with Gasteiger partial charge < -0.3 is 10.2 Å². The number of rotatable bonds is 3. The number of urea groups is 1. The van der Waals surface area contributed by atoms with Gasteiger partial charge >= 0.3 is 6.03 Å². The second-order valence-corrected chi connectivity index (χ2v) is 7.89. The molecule has 6 nitrogen and oxygen atoms in total. The zero-order chi connectivity index (χ0) is 16.2. The van der Waals surface area contributed by atoms with Crippen molar-refractivity contribution in [2.75, 3.05) is 32.4 Å². The van der Waals surface area contributed by atoms with E-state index in [0.29, 0.717) is 26.2 Å². The molecule has 0 radical (unpaired) electrons. The van der Waals surface area contributed by atoms with E-state index in [1.807, 2.05) is 24.3 Å². The largest absolute Gasteiger partial charge is 0.322 e. The van der Waals surface area contributed by atoms with Gasteiger partial charge in [-0.1, -0.05) is 28.1 Å². The summed E-state index contributed by atoms with van der Waals surface area (Å²) in [5.41, 5.74) is 0.969. The summed E-state index contributed by atoms with van der Waals surface area (Å²) in [5.74, 6) is 0. The molecule has 0 bridgehead atoms. The molecule has 1 N–H and O–H groups in total. The lowest BCUT2D eigenvalue weighted by atomic mass is 10.2. The molecule has 0 aromatic heterocycles. The number of hydrogen-bond donors (Lipinski definition) is 1. The van der Waals surface area contributed by atoms with Crippen LogP contribution in [-0.2, 0) is 10.0 Å². The Bertz CT molecular complexity index is 668. The van der Waals surface area contributed by atoms with Gasteiger partial charge in [-0.15, -0.1) is 0 Å². The average molecular weight is 388 g/mol. The van der Waals surface area contributed by atoms with Crippen LogP contribution in [0.3, 0.4) is 0 Å². The van der Waals surface area contributed by atoms with E-state index in [2.05, 4.69) is 21.2 Å². The number of halogens is 1. The summed E-state index contributed by atoms with van der Waals surface area (Å²) in [5, 5.41) is 2.70. The monoisotopic (exact) mass is 387 g/mol. The minimum absolute atomic E-state index is 0.223. The molecule has 0 spiro atoms. The molecule has 1 saturated heterocycles. The molecule has 1 fully saturated rings. The van der Waals surface area contributed by atoms with E-state index in [0.717, 1.165) is 10.0 Å². The summed E-state index contributed by atoms with van der Waals surface area (Å²) in [7, 11) is -3.18. The van der Waals surface area contributed by atoms with E-state index in [-0.39, 0.29) is 6.03 Å². The molecule has 8 heteroatoms. The quantitative estimate of drug-likeness (QED) is 0.857. The highest BCUT2D eigenvalue weighted by Gasteiger charge is 2.25. The van der Waals surface area contributed by atoms with Crippen LogP contribution in [0.5, 0.6) is 0 Å². The summed E-state index contributed by atoms with van der Waals surface area (Å²) in [4.78, 5) is 13.6. The molecular weight excluding hydrogens is 370 g/mol. The highest BCUT2D eigenvalue weighted by Crippen LogP contribution is 2.12. The predicted molar refractivity (Wildman–Crippen MR) is 89.7 cm³/mol. The Morgan fingerprint density at radius 1 is 1.27 bits per heavy atom. The first kappa shape index (κ1) is 17.0. The number of piperazine rings is 1. The molecule has 1 aromatic rings. The van der Waals surface area contributed by atoms with Gasteiger partial charge in [0.1, 0.15) is 0 Å². The second-order valence-electron chi connectivity index (χ2n) is 4.99. The highest BCUT2D eigenvalue weighted by molar-refractivity contribution is 9.10. The Hall–Kier alpha value is -1.38. The second kappa shape index (κ2) is 7.26. The van der Waals surface area contributed by atoms with E-state index in [9.17, 15) is 13.2 Å². The van der Waals surface area contributed by atoms with E-state index in [1.165, 1.54) is 10.6 Å². The lowest BCUT2D eigenvalue weighted by molar-refractivity contribution is 0.176. The minimum Gasteiger partial charge on any atom is -0.322 e. The van der Waals surface area contributed by atoms with Crippen LogP contribution in [0.2, 0.25) is 0 Å². The molecule has 2 amide bonds.